The quantitative estimate of drug-likeness (QED) is 0.666. The molecule has 1 saturated heterocycles. The van der Waals surface area contributed by atoms with Crippen LogP contribution in [0.5, 0.6) is 0 Å². The van der Waals surface area contributed by atoms with Crippen LogP contribution in [0.15, 0.2) is 24.4 Å². The van der Waals surface area contributed by atoms with E-state index in [1.54, 1.807) is 22.7 Å². The molecule has 106 valence electrons. The van der Waals surface area contributed by atoms with E-state index in [1.165, 1.54) is 0 Å². The number of aromatic nitrogens is 2. The highest BCUT2D eigenvalue weighted by atomic mass is 16.6. The molecule has 3 heterocycles. The summed E-state index contributed by atoms with van der Waals surface area (Å²) in [6.07, 6.45) is 2.75. The molecule has 1 aliphatic heterocycles. The van der Waals surface area contributed by atoms with E-state index in [9.17, 15) is 10.1 Å². The second-order valence-electron chi connectivity index (χ2n) is 5.08. The van der Waals surface area contributed by atoms with Crippen LogP contribution in [-0.2, 0) is 6.54 Å². The van der Waals surface area contributed by atoms with Crippen LogP contribution in [0, 0.1) is 10.1 Å². The highest BCUT2D eigenvalue weighted by Gasteiger charge is 2.27. The van der Waals surface area contributed by atoms with E-state index in [4.69, 9.17) is 0 Å². The van der Waals surface area contributed by atoms with E-state index < -0.39 is 0 Å². The summed E-state index contributed by atoms with van der Waals surface area (Å²) in [7, 11) is 1.95. The van der Waals surface area contributed by atoms with Crippen LogP contribution in [0.3, 0.4) is 0 Å². The minimum Gasteiger partial charge on any atom is -0.358 e. The molecule has 1 aliphatic rings. The van der Waals surface area contributed by atoms with Crippen molar-refractivity contribution in [3.63, 3.8) is 0 Å². The molecule has 2 aromatic heterocycles. The van der Waals surface area contributed by atoms with E-state index in [2.05, 4.69) is 15.2 Å². The van der Waals surface area contributed by atoms with Gasteiger partial charge in [-0.15, -0.1) is 0 Å². The van der Waals surface area contributed by atoms with Crippen LogP contribution in [0.2, 0.25) is 0 Å². The molecule has 0 spiro atoms. The standard InChI is InChI=1S/C13H17N5O2/c1-14-10-5-7-16(8-10)9-11-13(18(19)20)17-6-3-2-4-12(17)15-11/h2-4,6,10,14H,5,7-9H2,1H3. The summed E-state index contributed by atoms with van der Waals surface area (Å²) >= 11 is 0. The van der Waals surface area contributed by atoms with Gasteiger partial charge in [-0.05, 0) is 24.5 Å². The first-order valence-electron chi connectivity index (χ1n) is 6.69. The predicted molar refractivity (Wildman–Crippen MR) is 74.6 cm³/mol. The number of pyridine rings is 1. The normalized spacial score (nSPS) is 19.8. The monoisotopic (exact) mass is 275 g/mol. The number of hydrogen-bond acceptors (Lipinski definition) is 5. The SMILES string of the molecule is CNC1CCN(Cc2nc3ccccn3c2[N+](=O)[O-])C1. The second kappa shape index (κ2) is 5.18. The summed E-state index contributed by atoms with van der Waals surface area (Å²) in [6.45, 7) is 2.37. The molecule has 20 heavy (non-hydrogen) atoms. The van der Waals surface area contributed by atoms with Crippen molar-refractivity contribution >= 4 is 11.5 Å². The van der Waals surface area contributed by atoms with Gasteiger partial charge in [0, 0.05) is 31.7 Å². The Labute approximate surface area is 116 Å². The zero-order chi connectivity index (χ0) is 14.1. The number of likely N-dealkylation sites (tertiary alicyclic amines) is 1. The summed E-state index contributed by atoms with van der Waals surface area (Å²) in [5, 5.41) is 14.5. The lowest BCUT2D eigenvalue weighted by atomic mass is 10.3. The van der Waals surface area contributed by atoms with E-state index in [1.807, 2.05) is 13.1 Å². The van der Waals surface area contributed by atoms with Crippen LogP contribution >= 0.6 is 0 Å². The van der Waals surface area contributed by atoms with E-state index in [0.29, 0.717) is 23.9 Å². The minimum absolute atomic E-state index is 0.0773. The molecule has 0 radical (unpaired) electrons. The Balaban J connectivity index is 1.91. The fraction of sp³-hybridized carbons (Fsp3) is 0.462. The zero-order valence-electron chi connectivity index (χ0n) is 11.3. The van der Waals surface area contributed by atoms with Gasteiger partial charge in [0.05, 0.1) is 6.20 Å². The lowest BCUT2D eigenvalue weighted by Crippen LogP contribution is -2.29. The van der Waals surface area contributed by atoms with Crippen LogP contribution in [0.1, 0.15) is 12.1 Å². The molecule has 0 aliphatic carbocycles. The fourth-order valence-electron chi connectivity index (χ4n) is 2.75. The number of nitrogens with zero attached hydrogens (tertiary/aromatic N) is 4. The first kappa shape index (κ1) is 13.0. The number of imidazole rings is 1. The first-order chi connectivity index (χ1) is 9.69. The third kappa shape index (κ3) is 2.25. The number of nitrogens with one attached hydrogen (secondary N) is 1. The summed E-state index contributed by atoms with van der Waals surface area (Å²) in [5.41, 5.74) is 1.16. The van der Waals surface area contributed by atoms with E-state index >= 15 is 0 Å². The lowest BCUT2D eigenvalue weighted by Gasteiger charge is -2.13. The van der Waals surface area contributed by atoms with Gasteiger partial charge in [0.1, 0.15) is 0 Å². The van der Waals surface area contributed by atoms with Gasteiger partial charge < -0.3 is 15.4 Å². The van der Waals surface area contributed by atoms with Gasteiger partial charge in [-0.1, -0.05) is 6.07 Å². The number of rotatable bonds is 4. The third-order valence-electron chi connectivity index (χ3n) is 3.80. The molecule has 2 aromatic rings. The molecular weight excluding hydrogens is 258 g/mol. The van der Waals surface area contributed by atoms with Crippen molar-refractivity contribution in [1.82, 2.24) is 19.6 Å². The Kier molecular flexibility index (Phi) is 3.37. The number of fused-ring (bicyclic) bond motifs is 1. The van der Waals surface area contributed by atoms with Crippen molar-refractivity contribution in [2.24, 2.45) is 0 Å². The third-order valence-corrected chi connectivity index (χ3v) is 3.80. The lowest BCUT2D eigenvalue weighted by molar-refractivity contribution is -0.391. The van der Waals surface area contributed by atoms with Crippen molar-refractivity contribution in [2.45, 2.75) is 19.0 Å². The van der Waals surface area contributed by atoms with Crippen LogP contribution in [-0.4, -0.2) is 45.4 Å². The molecule has 0 amide bonds. The van der Waals surface area contributed by atoms with E-state index in [-0.39, 0.29) is 10.7 Å². The smallest absolute Gasteiger partial charge is 0.352 e. The predicted octanol–water partition coefficient (Wildman–Crippen LogP) is 1.04. The van der Waals surface area contributed by atoms with Gasteiger partial charge in [0.15, 0.2) is 5.69 Å². The molecule has 0 bridgehead atoms. The summed E-state index contributed by atoms with van der Waals surface area (Å²) in [6, 6.07) is 5.86. The number of nitro groups is 1. The second-order valence-corrected chi connectivity index (χ2v) is 5.08. The summed E-state index contributed by atoms with van der Waals surface area (Å²) in [4.78, 5) is 17.6. The van der Waals surface area contributed by atoms with Crippen molar-refractivity contribution in [3.8, 4) is 0 Å². The van der Waals surface area contributed by atoms with Crippen molar-refractivity contribution in [2.75, 3.05) is 20.1 Å². The molecule has 1 atom stereocenters. The Morgan fingerprint density at radius 1 is 1.55 bits per heavy atom. The number of hydrogen-bond donors (Lipinski definition) is 1. The molecule has 1 fully saturated rings. The van der Waals surface area contributed by atoms with Crippen LogP contribution < -0.4 is 5.32 Å². The molecule has 0 aromatic carbocycles. The Bertz CT molecular complexity index is 639. The van der Waals surface area contributed by atoms with Crippen molar-refractivity contribution < 1.29 is 4.92 Å². The highest BCUT2D eigenvalue weighted by molar-refractivity contribution is 5.48. The molecular formula is C13H17N5O2. The summed E-state index contributed by atoms with van der Waals surface area (Å²) < 4.78 is 1.54. The highest BCUT2D eigenvalue weighted by Crippen LogP contribution is 2.23. The van der Waals surface area contributed by atoms with E-state index in [0.717, 1.165) is 19.5 Å². The maximum Gasteiger partial charge on any atom is 0.352 e. The Hall–Kier alpha value is -1.99. The zero-order valence-corrected chi connectivity index (χ0v) is 11.3. The molecule has 0 saturated carbocycles. The molecule has 7 heteroatoms. The Morgan fingerprint density at radius 3 is 3.10 bits per heavy atom. The topological polar surface area (TPSA) is 75.7 Å². The molecule has 3 rings (SSSR count). The number of likely N-dealkylation sites (N-methyl/N-ethyl adjacent to an activating group) is 1. The van der Waals surface area contributed by atoms with Crippen LogP contribution in [0.4, 0.5) is 5.82 Å². The van der Waals surface area contributed by atoms with Gasteiger partial charge >= 0.3 is 5.82 Å². The largest absolute Gasteiger partial charge is 0.358 e. The van der Waals surface area contributed by atoms with Crippen LogP contribution in [0.25, 0.3) is 5.65 Å². The first-order valence-corrected chi connectivity index (χ1v) is 6.69. The maximum absolute atomic E-state index is 11.3. The van der Waals surface area contributed by atoms with Crippen molar-refractivity contribution in [1.29, 1.82) is 0 Å². The van der Waals surface area contributed by atoms with Gasteiger partial charge in [0.25, 0.3) is 0 Å². The maximum atomic E-state index is 11.3. The average molecular weight is 275 g/mol. The molecule has 1 unspecified atom stereocenters. The Morgan fingerprint density at radius 2 is 2.40 bits per heavy atom. The fourth-order valence-corrected chi connectivity index (χ4v) is 2.75. The summed E-state index contributed by atoms with van der Waals surface area (Å²) in [5.74, 6) is 0.0773. The van der Waals surface area contributed by atoms with Gasteiger partial charge in [-0.3, -0.25) is 4.90 Å². The van der Waals surface area contributed by atoms with Gasteiger partial charge in [0.2, 0.25) is 5.65 Å². The molecule has 1 N–H and O–H groups in total. The van der Waals surface area contributed by atoms with Gasteiger partial charge in [-0.2, -0.15) is 4.40 Å². The average Bonchev–Trinajstić information content (AvgIpc) is 3.02. The van der Waals surface area contributed by atoms with Crippen molar-refractivity contribution in [3.05, 3.63) is 40.2 Å². The minimum atomic E-state index is -0.346. The van der Waals surface area contributed by atoms with Gasteiger partial charge in [-0.25, -0.2) is 4.98 Å². The molecule has 7 nitrogen and oxygen atoms in total.